The van der Waals surface area contributed by atoms with Crippen LogP contribution in [0.15, 0.2) is 47.1 Å². The molecule has 0 atom stereocenters. The molecule has 0 saturated heterocycles. The van der Waals surface area contributed by atoms with E-state index in [4.69, 9.17) is 21.4 Å². The minimum Gasteiger partial charge on any atom is -0.483 e. The van der Waals surface area contributed by atoms with Crippen molar-refractivity contribution in [3.05, 3.63) is 59.6 Å². The summed E-state index contributed by atoms with van der Waals surface area (Å²) in [6.45, 7) is 3.69. The molecule has 2 rings (SSSR count). The third-order valence-electron chi connectivity index (χ3n) is 3.41. The summed E-state index contributed by atoms with van der Waals surface area (Å²) in [5, 5.41) is 2.34. The van der Waals surface area contributed by atoms with Crippen LogP contribution in [0.2, 0.25) is 0 Å². The van der Waals surface area contributed by atoms with Crippen molar-refractivity contribution < 1.29 is 18.7 Å². The minimum atomic E-state index is -0.459. The lowest BCUT2D eigenvalue weighted by molar-refractivity contribution is -0.123. The number of hydrazine groups is 1. The number of carbonyl (C=O) groups excluding carboxylic acids is 2. The summed E-state index contributed by atoms with van der Waals surface area (Å²) in [5.74, 6) is 0.281. The first-order valence-corrected chi connectivity index (χ1v) is 8.17. The average molecular weight is 373 g/mol. The largest absolute Gasteiger partial charge is 0.483 e. The van der Waals surface area contributed by atoms with Gasteiger partial charge in [0.1, 0.15) is 11.5 Å². The summed E-state index contributed by atoms with van der Waals surface area (Å²) in [7, 11) is 0. The Kier molecular flexibility index (Phi) is 6.92. The van der Waals surface area contributed by atoms with Gasteiger partial charge in [-0.05, 0) is 61.5 Å². The SMILES string of the molecule is Cc1cccc(OCC(=O)NNC(=S)NC(=O)/C=C/c2ccco2)c1C. The maximum absolute atomic E-state index is 11.8. The molecule has 0 aliphatic carbocycles. The van der Waals surface area contributed by atoms with Crippen molar-refractivity contribution in [1.29, 1.82) is 0 Å². The number of rotatable bonds is 5. The number of aryl methyl sites for hydroxylation is 1. The van der Waals surface area contributed by atoms with Crippen LogP contribution in [0.4, 0.5) is 0 Å². The van der Waals surface area contributed by atoms with Crippen molar-refractivity contribution in [3.8, 4) is 5.75 Å². The number of nitrogens with one attached hydrogen (secondary N) is 3. The fourth-order valence-corrected chi connectivity index (χ4v) is 2.07. The molecule has 0 saturated carbocycles. The van der Waals surface area contributed by atoms with Crippen molar-refractivity contribution >= 4 is 35.2 Å². The summed E-state index contributed by atoms with van der Waals surface area (Å²) < 4.78 is 10.5. The topological polar surface area (TPSA) is 92.6 Å². The monoisotopic (exact) mass is 373 g/mol. The summed E-state index contributed by atoms with van der Waals surface area (Å²) in [5.41, 5.74) is 6.83. The first-order valence-electron chi connectivity index (χ1n) is 7.76. The highest BCUT2D eigenvalue weighted by molar-refractivity contribution is 7.80. The summed E-state index contributed by atoms with van der Waals surface area (Å²) in [4.78, 5) is 23.5. The second-order valence-electron chi connectivity index (χ2n) is 5.33. The van der Waals surface area contributed by atoms with E-state index in [2.05, 4.69) is 16.2 Å². The van der Waals surface area contributed by atoms with Crippen LogP contribution in [-0.4, -0.2) is 23.5 Å². The maximum Gasteiger partial charge on any atom is 0.276 e. The number of carbonyl (C=O) groups is 2. The van der Waals surface area contributed by atoms with Crippen molar-refractivity contribution in [3.63, 3.8) is 0 Å². The van der Waals surface area contributed by atoms with Crippen LogP contribution in [0, 0.1) is 13.8 Å². The molecule has 0 radical (unpaired) electrons. The Morgan fingerprint density at radius 3 is 2.73 bits per heavy atom. The smallest absolute Gasteiger partial charge is 0.276 e. The Balaban J connectivity index is 1.70. The average Bonchev–Trinajstić information content (AvgIpc) is 3.13. The molecule has 0 fully saturated rings. The standard InChI is InChI=1S/C18H19N3O4S/c1-12-5-3-7-15(13(12)2)25-11-17(23)20-21-18(26)19-16(22)9-8-14-6-4-10-24-14/h3-10H,11H2,1-2H3,(H,20,23)(H2,19,21,22,26)/b9-8+. The van der Waals surface area contributed by atoms with Crippen molar-refractivity contribution in [1.82, 2.24) is 16.2 Å². The van der Waals surface area contributed by atoms with Gasteiger partial charge < -0.3 is 9.15 Å². The quantitative estimate of drug-likeness (QED) is 0.422. The molecular formula is C18H19N3O4S. The van der Waals surface area contributed by atoms with E-state index in [0.717, 1.165) is 11.1 Å². The van der Waals surface area contributed by atoms with E-state index in [0.29, 0.717) is 11.5 Å². The van der Waals surface area contributed by atoms with Gasteiger partial charge in [-0.1, -0.05) is 12.1 Å². The maximum atomic E-state index is 11.8. The van der Waals surface area contributed by atoms with Crippen molar-refractivity contribution in [2.45, 2.75) is 13.8 Å². The zero-order valence-electron chi connectivity index (χ0n) is 14.4. The van der Waals surface area contributed by atoms with Gasteiger partial charge >= 0.3 is 0 Å². The number of hydrogen-bond acceptors (Lipinski definition) is 5. The van der Waals surface area contributed by atoms with Gasteiger partial charge in [0.2, 0.25) is 5.91 Å². The number of benzene rings is 1. The predicted molar refractivity (Wildman–Crippen MR) is 101 cm³/mol. The molecule has 0 aliphatic rings. The molecule has 26 heavy (non-hydrogen) atoms. The van der Waals surface area contributed by atoms with Gasteiger partial charge in [0.15, 0.2) is 11.7 Å². The Bertz CT molecular complexity index is 816. The molecular weight excluding hydrogens is 354 g/mol. The minimum absolute atomic E-state index is 0.0424. The normalized spacial score (nSPS) is 10.4. The van der Waals surface area contributed by atoms with Gasteiger partial charge in [-0.2, -0.15) is 0 Å². The van der Waals surface area contributed by atoms with E-state index >= 15 is 0 Å². The van der Waals surface area contributed by atoms with Crippen LogP contribution in [0.5, 0.6) is 5.75 Å². The molecule has 1 heterocycles. The molecule has 2 amide bonds. The fourth-order valence-electron chi connectivity index (χ4n) is 1.92. The lowest BCUT2D eigenvalue weighted by Gasteiger charge is -2.12. The van der Waals surface area contributed by atoms with E-state index in [-0.39, 0.29) is 11.7 Å². The zero-order chi connectivity index (χ0) is 18.9. The van der Waals surface area contributed by atoms with E-state index < -0.39 is 11.8 Å². The molecule has 2 aromatic rings. The fraction of sp³-hybridized carbons (Fsp3) is 0.167. The molecule has 0 aliphatic heterocycles. The zero-order valence-corrected chi connectivity index (χ0v) is 15.2. The second kappa shape index (κ2) is 9.38. The number of amides is 2. The van der Waals surface area contributed by atoms with Crippen molar-refractivity contribution in [2.24, 2.45) is 0 Å². The lowest BCUT2D eigenvalue weighted by atomic mass is 10.1. The number of thiocarbonyl (C=S) groups is 1. The van der Waals surface area contributed by atoms with E-state index in [1.165, 1.54) is 18.4 Å². The van der Waals surface area contributed by atoms with Crippen LogP contribution in [-0.2, 0) is 9.59 Å². The molecule has 0 bridgehead atoms. The summed E-state index contributed by atoms with van der Waals surface area (Å²) in [6, 6.07) is 9.02. The van der Waals surface area contributed by atoms with Gasteiger partial charge in [-0.25, -0.2) is 0 Å². The second-order valence-corrected chi connectivity index (χ2v) is 5.74. The van der Waals surface area contributed by atoms with Gasteiger partial charge in [0.05, 0.1) is 6.26 Å². The Hall–Kier alpha value is -3.13. The van der Waals surface area contributed by atoms with Crippen LogP contribution in [0.1, 0.15) is 16.9 Å². The predicted octanol–water partition coefficient (Wildman–Crippen LogP) is 2.01. The van der Waals surface area contributed by atoms with Gasteiger partial charge in [0.25, 0.3) is 5.91 Å². The highest BCUT2D eigenvalue weighted by Gasteiger charge is 2.07. The van der Waals surface area contributed by atoms with Crippen LogP contribution < -0.4 is 20.9 Å². The molecule has 1 aromatic carbocycles. The molecule has 3 N–H and O–H groups in total. The molecule has 0 spiro atoms. The Morgan fingerprint density at radius 1 is 1.19 bits per heavy atom. The summed E-state index contributed by atoms with van der Waals surface area (Å²) in [6.07, 6.45) is 4.26. The Morgan fingerprint density at radius 2 is 2.00 bits per heavy atom. The van der Waals surface area contributed by atoms with Crippen LogP contribution in [0.25, 0.3) is 6.08 Å². The van der Waals surface area contributed by atoms with Gasteiger partial charge in [-0.15, -0.1) is 0 Å². The van der Waals surface area contributed by atoms with Crippen LogP contribution >= 0.6 is 12.2 Å². The molecule has 8 heteroatoms. The first-order chi connectivity index (χ1) is 12.5. The molecule has 136 valence electrons. The third kappa shape index (κ3) is 6.06. The third-order valence-corrected chi connectivity index (χ3v) is 3.61. The van der Waals surface area contributed by atoms with E-state index in [1.807, 2.05) is 26.0 Å². The number of hydrogen-bond donors (Lipinski definition) is 3. The van der Waals surface area contributed by atoms with E-state index in [9.17, 15) is 9.59 Å². The van der Waals surface area contributed by atoms with Crippen LogP contribution in [0.3, 0.4) is 0 Å². The lowest BCUT2D eigenvalue weighted by Crippen LogP contribution is -2.49. The number of ether oxygens (including phenoxy) is 1. The summed E-state index contributed by atoms with van der Waals surface area (Å²) >= 11 is 4.92. The highest BCUT2D eigenvalue weighted by Crippen LogP contribution is 2.20. The molecule has 1 aromatic heterocycles. The molecule has 0 unspecified atom stereocenters. The first kappa shape index (κ1) is 19.2. The highest BCUT2D eigenvalue weighted by atomic mass is 32.1. The number of furan rings is 1. The van der Waals surface area contributed by atoms with Crippen molar-refractivity contribution in [2.75, 3.05) is 6.61 Å². The van der Waals surface area contributed by atoms with E-state index in [1.54, 1.807) is 18.2 Å². The molecule has 7 nitrogen and oxygen atoms in total. The van der Waals surface area contributed by atoms with Gasteiger partial charge in [0, 0.05) is 6.08 Å². The van der Waals surface area contributed by atoms with Gasteiger partial charge in [-0.3, -0.25) is 25.8 Å². The Labute approximate surface area is 156 Å².